The molecule has 0 saturated carbocycles. The molecule has 20 heavy (non-hydrogen) atoms. The van der Waals surface area contributed by atoms with Crippen LogP contribution in [-0.2, 0) is 8.22 Å². The fourth-order valence-electron chi connectivity index (χ4n) is 2.00. The average Bonchev–Trinajstić information content (AvgIpc) is 2.46. The van der Waals surface area contributed by atoms with Gasteiger partial charge in [-0.15, -0.1) is 0 Å². The Labute approximate surface area is 141 Å². The van der Waals surface area contributed by atoms with Crippen molar-refractivity contribution in [1.29, 1.82) is 0 Å². The summed E-state index contributed by atoms with van der Waals surface area (Å²) in [4.78, 5) is 12.5. The van der Waals surface area contributed by atoms with E-state index in [9.17, 15) is 4.79 Å². The molecule has 1 N–H and O–H groups in total. The van der Waals surface area contributed by atoms with E-state index in [2.05, 4.69) is 27.9 Å². The quantitative estimate of drug-likeness (QED) is 0.579. The van der Waals surface area contributed by atoms with Crippen LogP contribution in [0.5, 0.6) is 0 Å². The third-order valence-corrected chi connectivity index (χ3v) is 5.30. The Balaban J connectivity index is 2.66. The highest BCUT2D eigenvalue weighted by atomic mass is 127. The molecular formula is C15H12Cl2INO. The van der Waals surface area contributed by atoms with Crippen LogP contribution in [-0.4, -0.2) is 13.0 Å². The molecule has 2 nitrogen and oxygen atoms in total. The van der Waals surface area contributed by atoms with Crippen molar-refractivity contribution in [3.05, 3.63) is 69.7 Å². The van der Waals surface area contributed by atoms with Gasteiger partial charge in [0.15, 0.2) is 3.42 Å². The lowest BCUT2D eigenvalue weighted by Crippen LogP contribution is -2.39. The summed E-state index contributed by atoms with van der Waals surface area (Å²) in [6.07, 6.45) is 0. The van der Waals surface area contributed by atoms with Gasteiger partial charge in [0, 0.05) is 22.7 Å². The third-order valence-electron chi connectivity index (χ3n) is 3.03. The van der Waals surface area contributed by atoms with E-state index in [4.69, 9.17) is 23.2 Å². The minimum absolute atomic E-state index is 0.131. The van der Waals surface area contributed by atoms with Crippen LogP contribution in [0.4, 0.5) is 0 Å². The number of hydrogen-bond donors (Lipinski definition) is 1. The SMILES string of the molecule is CNC(=O)C(I)(c1ccc(Cl)cc1)c1ccccc1Cl. The van der Waals surface area contributed by atoms with E-state index in [0.717, 1.165) is 11.1 Å². The average molecular weight is 420 g/mol. The Morgan fingerprint density at radius 1 is 1.10 bits per heavy atom. The van der Waals surface area contributed by atoms with Crippen LogP contribution in [0.25, 0.3) is 0 Å². The minimum Gasteiger partial charge on any atom is -0.357 e. The number of benzene rings is 2. The second-order valence-corrected chi connectivity index (χ2v) is 6.69. The predicted molar refractivity (Wildman–Crippen MR) is 91.8 cm³/mol. The number of hydrogen-bond acceptors (Lipinski definition) is 1. The molecule has 5 heteroatoms. The maximum atomic E-state index is 12.5. The van der Waals surface area contributed by atoms with Crippen LogP contribution in [0.1, 0.15) is 11.1 Å². The van der Waals surface area contributed by atoms with Crippen LogP contribution >= 0.6 is 45.8 Å². The fraction of sp³-hybridized carbons (Fsp3) is 0.133. The summed E-state index contributed by atoms with van der Waals surface area (Å²) in [5, 5.41) is 3.89. The van der Waals surface area contributed by atoms with Crippen LogP contribution in [0.15, 0.2) is 48.5 Å². The Bertz CT molecular complexity index is 630. The van der Waals surface area contributed by atoms with Gasteiger partial charge in [0.1, 0.15) is 0 Å². The molecule has 0 spiro atoms. The van der Waals surface area contributed by atoms with Crippen molar-refractivity contribution >= 4 is 51.7 Å². The first kappa shape index (κ1) is 15.6. The first-order valence-electron chi connectivity index (χ1n) is 5.92. The smallest absolute Gasteiger partial charge is 0.244 e. The summed E-state index contributed by atoms with van der Waals surface area (Å²) in [5.41, 5.74) is 1.58. The van der Waals surface area contributed by atoms with Crippen molar-refractivity contribution in [2.75, 3.05) is 7.05 Å². The first-order valence-corrected chi connectivity index (χ1v) is 7.75. The highest BCUT2D eigenvalue weighted by Gasteiger charge is 2.40. The molecule has 1 unspecified atom stereocenters. The zero-order valence-electron chi connectivity index (χ0n) is 10.7. The normalized spacial score (nSPS) is 13.6. The Kier molecular flexibility index (Phi) is 4.94. The molecule has 0 radical (unpaired) electrons. The molecule has 104 valence electrons. The second-order valence-electron chi connectivity index (χ2n) is 4.22. The van der Waals surface area contributed by atoms with Crippen molar-refractivity contribution in [2.24, 2.45) is 0 Å². The maximum Gasteiger partial charge on any atom is 0.244 e. The summed E-state index contributed by atoms with van der Waals surface area (Å²) in [5.74, 6) is -0.131. The molecule has 2 rings (SSSR count). The van der Waals surface area contributed by atoms with Gasteiger partial charge in [0.05, 0.1) is 0 Å². The highest BCUT2D eigenvalue weighted by molar-refractivity contribution is 14.1. The molecule has 0 aliphatic heterocycles. The van der Waals surface area contributed by atoms with Gasteiger partial charge in [-0.1, -0.05) is 76.1 Å². The van der Waals surface area contributed by atoms with Crippen LogP contribution in [0, 0.1) is 0 Å². The molecule has 1 atom stereocenters. The topological polar surface area (TPSA) is 29.1 Å². The molecule has 0 aromatic heterocycles. The van der Waals surface area contributed by atoms with Gasteiger partial charge in [-0.25, -0.2) is 0 Å². The van der Waals surface area contributed by atoms with Gasteiger partial charge in [0.25, 0.3) is 0 Å². The molecule has 2 aromatic rings. The van der Waals surface area contributed by atoms with Gasteiger partial charge in [-0.05, 0) is 23.8 Å². The zero-order chi connectivity index (χ0) is 14.8. The number of rotatable bonds is 3. The fourth-order valence-corrected chi connectivity index (χ4v) is 3.66. The molecule has 0 heterocycles. The molecule has 1 amide bonds. The summed E-state index contributed by atoms with van der Waals surface area (Å²) in [7, 11) is 1.61. The molecule has 0 aliphatic rings. The second kappa shape index (κ2) is 6.33. The molecule has 0 bridgehead atoms. The number of alkyl halides is 1. The van der Waals surface area contributed by atoms with Crippen molar-refractivity contribution in [1.82, 2.24) is 5.32 Å². The van der Waals surface area contributed by atoms with E-state index in [0.29, 0.717) is 10.0 Å². The monoisotopic (exact) mass is 419 g/mol. The Morgan fingerprint density at radius 2 is 1.70 bits per heavy atom. The van der Waals surface area contributed by atoms with Gasteiger partial charge in [-0.3, -0.25) is 4.79 Å². The van der Waals surface area contributed by atoms with Gasteiger partial charge < -0.3 is 5.32 Å². The molecular weight excluding hydrogens is 408 g/mol. The van der Waals surface area contributed by atoms with E-state index in [1.54, 1.807) is 25.2 Å². The molecule has 2 aromatic carbocycles. The van der Waals surface area contributed by atoms with Crippen molar-refractivity contribution < 1.29 is 4.79 Å². The van der Waals surface area contributed by atoms with Gasteiger partial charge >= 0.3 is 0 Å². The Hall–Kier alpha value is -0.780. The summed E-state index contributed by atoms with van der Waals surface area (Å²) in [6, 6.07) is 14.6. The van der Waals surface area contributed by atoms with E-state index in [1.807, 2.05) is 30.3 Å². The van der Waals surface area contributed by atoms with Crippen LogP contribution in [0.3, 0.4) is 0 Å². The number of halogens is 3. The summed E-state index contributed by atoms with van der Waals surface area (Å²) < 4.78 is -0.893. The van der Waals surface area contributed by atoms with Crippen LogP contribution in [0.2, 0.25) is 10.0 Å². The van der Waals surface area contributed by atoms with E-state index in [1.165, 1.54) is 0 Å². The van der Waals surface area contributed by atoms with Crippen molar-refractivity contribution in [3.8, 4) is 0 Å². The molecule has 0 aliphatic carbocycles. The minimum atomic E-state index is -0.893. The highest BCUT2D eigenvalue weighted by Crippen LogP contribution is 2.42. The summed E-state index contributed by atoms with van der Waals surface area (Å²) >= 11 is 14.3. The van der Waals surface area contributed by atoms with Crippen LogP contribution < -0.4 is 5.32 Å². The number of likely N-dealkylation sites (N-methyl/N-ethyl adjacent to an activating group) is 1. The van der Waals surface area contributed by atoms with Crippen molar-refractivity contribution in [2.45, 2.75) is 3.42 Å². The Morgan fingerprint density at radius 3 is 2.25 bits per heavy atom. The largest absolute Gasteiger partial charge is 0.357 e. The van der Waals surface area contributed by atoms with E-state index in [-0.39, 0.29) is 5.91 Å². The van der Waals surface area contributed by atoms with Gasteiger partial charge in [-0.2, -0.15) is 0 Å². The zero-order valence-corrected chi connectivity index (χ0v) is 14.3. The van der Waals surface area contributed by atoms with E-state index < -0.39 is 3.42 Å². The molecule has 0 saturated heterocycles. The van der Waals surface area contributed by atoms with Gasteiger partial charge in [0.2, 0.25) is 5.91 Å². The number of nitrogens with one attached hydrogen (secondary N) is 1. The predicted octanol–water partition coefficient (Wildman–Crippen LogP) is 4.42. The van der Waals surface area contributed by atoms with Crippen molar-refractivity contribution in [3.63, 3.8) is 0 Å². The number of carbonyl (C=O) groups is 1. The lowest BCUT2D eigenvalue weighted by molar-refractivity contribution is -0.121. The standard InChI is InChI=1S/C15H12Cl2INO/c1-19-14(20)15(18,10-6-8-11(16)9-7-10)12-4-2-3-5-13(12)17/h2-9H,1H3,(H,19,20). The summed E-state index contributed by atoms with van der Waals surface area (Å²) in [6.45, 7) is 0. The number of amides is 1. The number of carbonyl (C=O) groups excluding carboxylic acids is 1. The molecule has 0 fully saturated rings. The lowest BCUT2D eigenvalue weighted by Gasteiger charge is -2.28. The lowest BCUT2D eigenvalue weighted by atomic mass is 9.90. The third kappa shape index (κ3) is 2.80. The van der Waals surface area contributed by atoms with E-state index >= 15 is 0 Å². The first-order chi connectivity index (χ1) is 9.50. The maximum absolute atomic E-state index is 12.5.